The fourth-order valence-corrected chi connectivity index (χ4v) is 1.30. The molecule has 0 saturated carbocycles. The van der Waals surface area contributed by atoms with Gasteiger partial charge in [-0.2, -0.15) is 13.2 Å². The van der Waals surface area contributed by atoms with Crippen molar-refractivity contribution in [3.05, 3.63) is 0 Å². The number of nitrogens with zero attached hydrogens (tertiary/aromatic N) is 1. The van der Waals surface area contributed by atoms with Crippen LogP contribution in [-0.4, -0.2) is 69.8 Å². The van der Waals surface area contributed by atoms with Crippen molar-refractivity contribution in [3.8, 4) is 0 Å². The molecule has 0 radical (unpaired) electrons. The normalized spacial score (nSPS) is 11.5. The molecule has 0 bridgehead atoms. The third-order valence-electron chi connectivity index (χ3n) is 2.16. The molecule has 0 aliphatic rings. The second kappa shape index (κ2) is 9.54. The predicted molar refractivity (Wildman–Crippen MR) is 66.1 cm³/mol. The summed E-state index contributed by atoms with van der Waals surface area (Å²) in [6, 6.07) is 0. The van der Waals surface area contributed by atoms with E-state index in [9.17, 15) is 22.8 Å². The predicted octanol–water partition coefficient (Wildman–Crippen LogP) is -0.251. The minimum Gasteiger partial charge on any atom is -0.385 e. The summed E-state index contributed by atoms with van der Waals surface area (Å²) >= 11 is 0. The van der Waals surface area contributed by atoms with Gasteiger partial charge in [-0.1, -0.05) is 0 Å². The maximum Gasteiger partial charge on any atom is 0.405 e. The molecule has 0 saturated heterocycles. The minimum absolute atomic E-state index is 0.0631. The van der Waals surface area contributed by atoms with Gasteiger partial charge in [-0.05, 0) is 13.5 Å². The van der Waals surface area contributed by atoms with Crippen LogP contribution < -0.4 is 10.6 Å². The van der Waals surface area contributed by atoms with Crippen LogP contribution in [0.2, 0.25) is 0 Å². The molecule has 0 unspecified atom stereocenters. The number of carbonyl (C=O) groups is 2. The smallest absolute Gasteiger partial charge is 0.385 e. The Labute approximate surface area is 115 Å². The van der Waals surface area contributed by atoms with Gasteiger partial charge >= 0.3 is 6.18 Å². The summed E-state index contributed by atoms with van der Waals surface area (Å²) in [6.45, 7) is -0.742. The average Bonchev–Trinajstić information content (AvgIpc) is 2.31. The Balaban J connectivity index is 3.78. The maximum absolute atomic E-state index is 11.9. The van der Waals surface area contributed by atoms with Gasteiger partial charge < -0.3 is 15.4 Å². The van der Waals surface area contributed by atoms with Gasteiger partial charge in [-0.3, -0.25) is 14.5 Å². The molecule has 0 atom stereocenters. The van der Waals surface area contributed by atoms with Crippen molar-refractivity contribution >= 4 is 11.8 Å². The fourth-order valence-electron chi connectivity index (χ4n) is 1.30. The van der Waals surface area contributed by atoms with Crippen LogP contribution in [0.15, 0.2) is 0 Å². The lowest BCUT2D eigenvalue weighted by Gasteiger charge is -2.16. The third kappa shape index (κ3) is 11.7. The van der Waals surface area contributed by atoms with Crippen molar-refractivity contribution in [2.45, 2.75) is 12.6 Å². The highest BCUT2D eigenvalue weighted by molar-refractivity contribution is 5.81. The molecular formula is C11H20F3N3O3. The Morgan fingerprint density at radius 3 is 2.20 bits per heavy atom. The summed E-state index contributed by atoms with van der Waals surface area (Å²) in [7, 11) is 3.02. The number of carbonyl (C=O) groups excluding carboxylic acids is 2. The Morgan fingerprint density at radius 2 is 1.70 bits per heavy atom. The van der Waals surface area contributed by atoms with E-state index in [1.807, 2.05) is 0 Å². The van der Waals surface area contributed by atoms with Crippen LogP contribution in [0.4, 0.5) is 13.2 Å². The van der Waals surface area contributed by atoms with Crippen molar-refractivity contribution in [2.75, 3.05) is 46.9 Å². The summed E-state index contributed by atoms with van der Waals surface area (Å²) in [6.07, 6.45) is -3.77. The lowest BCUT2D eigenvalue weighted by atomic mass is 10.4. The number of rotatable bonds is 9. The molecule has 0 aliphatic heterocycles. The number of likely N-dealkylation sites (N-methyl/N-ethyl adjacent to an activating group) is 1. The van der Waals surface area contributed by atoms with Gasteiger partial charge in [0.2, 0.25) is 11.8 Å². The largest absolute Gasteiger partial charge is 0.405 e. The quantitative estimate of drug-likeness (QED) is 0.576. The number of hydrogen-bond donors (Lipinski definition) is 2. The van der Waals surface area contributed by atoms with Gasteiger partial charge in [0.25, 0.3) is 0 Å². The molecule has 0 fully saturated rings. The lowest BCUT2D eigenvalue weighted by molar-refractivity contribution is -0.139. The van der Waals surface area contributed by atoms with Crippen LogP contribution in [0.1, 0.15) is 6.42 Å². The topological polar surface area (TPSA) is 70.7 Å². The fraction of sp³-hybridized carbons (Fsp3) is 0.818. The molecule has 118 valence electrons. The highest BCUT2D eigenvalue weighted by Crippen LogP contribution is 2.11. The van der Waals surface area contributed by atoms with Crippen molar-refractivity contribution < 1.29 is 27.5 Å². The highest BCUT2D eigenvalue weighted by atomic mass is 19.4. The zero-order valence-electron chi connectivity index (χ0n) is 11.5. The van der Waals surface area contributed by atoms with E-state index in [0.717, 1.165) is 0 Å². The Morgan fingerprint density at radius 1 is 1.15 bits per heavy atom. The van der Waals surface area contributed by atoms with E-state index in [2.05, 4.69) is 5.32 Å². The zero-order chi connectivity index (χ0) is 15.6. The molecule has 0 aromatic rings. The van der Waals surface area contributed by atoms with E-state index in [0.29, 0.717) is 19.6 Å². The molecule has 0 aromatic carbocycles. The number of methoxy groups -OCH3 is 1. The molecular weight excluding hydrogens is 279 g/mol. The van der Waals surface area contributed by atoms with Crippen LogP contribution in [0.5, 0.6) is 0 Å². The maximum atomic E-state index is 11.9. The SMILES string of the molecule is COCCCNC(=O)CN(C)CC(=O)NCC(F)(F)F. The second-order valence-electron chi connectivity index (χ2n) is 4.26. The molecule has 0 spiro atoms. The Bertz CT molecular complexity index is 311. The molecule has 0 aliphatic carbocycles. The van der Waals surface area contributed by atoms with E-state index in [4.69, 9.17) is 4.74 Å². The van der Waals surface area contributed by atoms with Gasteiger partial charge in [0, 0.05) is 20.3 Å². The van der Waals surface area contributed by atoms with Gasteiger partial charge in [-0.25, -0.2) is 0 Å². The van der Waals surface area contributed by atoms with Crippen LogP contribution >= 0.6 is 0 Å². The van der Waals surface area contributed by atoms with E-state index in [1.54, 1.807) is 12.4 Å². The summed E-state index contributed by atoms with van der Waals surface area (Å²) in [5, 5.41) is 4.34. The number of halogens is 3. The highest BCUT2D eigenvalue weighted by Gasteiger charge is 2.27. The first-order chi connectivity index (χ1) is 9.24. The summed E-state index contributed by atoms with van der Waals surface area (Å²) in [5.74, 6) is -1.08. The number of amides is 2. The van der Waals surface area contributed by atoms with Crippen molar-refractivity contribution in [1.82, 2.24) is 15.5 Å². The van der Waals surface area contributed by atoms with E-state index in [-0.39, 0.29) is 19.0 Å². The van der Waals surface area contributed by atoms with E-state index < -0.39 is 18.6 Å². The lowest BCUT2D eigenvalue weighted by Crippen LogP contribution is -2.43. The van der Waals surface area contributed by atoms with Crippen molar-refractivity contribution in [3.63, 3.8) is 0 Å². The van der Waals surface area contributed by atoms with Crippen LogP contribution in [0, 0.1) is 0 Å². The van der Waals surface area contributed by atoms with Gasteiger partial charge in [0.05, 0.1) is 13.1 Å². The average molecular weight is 299 g/mol. The van der Waals surface area contributed by atoms with Crippen molar-refractivity contribution in [1.29, 1.82) is 0 Å². The molecule has 0 heterocycles. The number of hydrogen-bond acceptors (Lipinski definition) is 4. The Hall–Kier alpha value is -1.35. The molecule has 2 N–H and O–H groups in total. The molecule has 6 nitrogen and oxygen atoms in total. The minimum atomic E-state index is -4.44. The standard InChI is InChI=1S/C11H20F3N3O3/c1-17(6-9(18)15-4-3-5-20-2)7-10(19)16-8-11(12,13)14/h3-8H2,1-2H3,(H,15,18)(H,16,19). The van der Waals surface area contributed by atoms with Crippen molar-refractivity contribution in [2.24, 2.45) is 0 Å². The summed E-state index contributed by atoms with van der Waals surface area (Å²) in [4.78, 5) is 23.9. The molecule has 2 amide bonds. The van der Waals surface area contributed by atoms with E-state index >= 15 is 0 Å². The van der Waals surface area contributed by atoms with Gasteiger partial charge in [0.15, 0.2) is 0 Å². The summed E-state index contributed by atoms with van der Waals surface area (Å²) < 4.78 is 40.4. The van der Waals surface area contributed by atoms with Crippen LogP contribution in [-0.2, 0) is 14.3 Å². The first-order valence-corrected chi connectivity index (χ1v) is 6.02. The Kier molecular flexibility index (Phi) is 8.89. The molecule has 9 heteroatoms. The molecule has 0 rings (SSSR count). The third-order valence-corrected chi connectivity index (χ3v) is 2.16. The first-order valence-electron chi connectivity index (χ1n) is 6.02. The van der Waals surface area contributed by atoms with Crippen LogP contribution in [0.3, 0.4) is 0 Å². The zero-order valence-corrected chi connectivity index (χ0v) is 11.5. The number of nitrogens with one attached hydrogen (secondary N) is 2. The van der Waals surface area contributed by atoms with E-state index in [1.165, 1.54) is 11.9 Å². The molecule has 0 aromatic heterocycles. The van der Waals surface area contributed by atoms with Gasteiger partial charge in [-0.15, -0.1) is 0 Å². The summed E-state index contributed by atoms with van der Waals surface area (Å²) in [5.41, 5.74) is 0. The first kappa shape index (κ1) is 18.7. The van der Waals surface area contributed by atoms with Crippen LogP contribution in [0.25, 0.3) is 0 Å². The number of ether oxygens (including phenoxy) is 1. The van der Waals surface area contributed by atoms with Gasteiger partial charge in [0.1, 0.15) is 6.54 Å². The monoisotopic (exact) mass is 299 g/mol. The number of alkyl halides is 3. The molecule has 20 heavy (non-hydrogen) atoms. The second-order valence-corrected chi connectivity index (χ2v) is 4.26.